The molecule has 6 nitrogen and oxygen atoms in total. The van der Waals surface area contributed by atoms with Crippen LogP contribution in [-0.2, 0) is 0 Å². The number of hydrazine groups is 1. The van der Waals surface area contributed by atoms with E-state index in [-0.39, 0.29) is 11.3 Å². The van der Waals surface area contributed by atoms with Gasteiger partial charge in [0.1, 0.15) is 11.5 Å². The third-order valence-electron chi connectivity index (χ3n) is 4.56. The van der Waals surface area contributed by atoms with Gasteiger partial charge >= 0.3 is 0 Å². The van der Waals surface area contributed by atoms with Crippen LogP contribution in [0.2, 0.25) is 0 Å². The van der Waals surface area contributed by atoms with Crippen molar-refractivity contribution in [2.45, 2.75) is 13.8 Å². The van der Waals surface area contributed by atoms with Gasteiger partial charge in [-0.15, -0.1) is 0 Å². The fourth-order valence-electron chi connectivity index (χ4n) is 3.28. The van der Waals surface area contributed by atoms with E-state index in [9.17, 15) is 14.4 Å². The standard InChI is InChI=1S/C21H16N2O4/c1-11-9-17(12(2)27-11)21(26)23-22-20(25)13-7-8-15-14-5-3-4-6-16(14)19(24)18(15)10-13/h3-10H,1-2H3,(H,22,25)(H,23,26). The van der Waals surface area contributed by atoms with E-state index in [1.807, 2.05) is 18.2 Å². The maximum absolute atomic E-state index is 12.5. The van der Waals surface area contributed by atoms with E-state index in [1.165, 1.54) is 0 Å². The maximum atomic E-state index is 12.5. The fraction of sp³-hybridized carbons (Fsp3) is 0.0952. The molecule has 0 bridgehead atoms. The third-order valence-corrected chi connectivity index (χ3v) is 4.56. The Balaban J connectivity index is 1.52. The molecule has 2 aromatic carbocycles. The lowest BCUT2D eigenvalue weighted by atomic mass is 10.0. The van der Waals surface area contributed by atoms with E-state index in [2.05, 4.69) is 10.9 Å². The number of amides is 2. The molecule has 0 unspecified atom stereocenters. The molecule has 134 valence electrons. The molecule has 0 fully saturated rings. The quantitative estimate of drug-likeness (QED) is 0.538. The van der Waals surface area contributed by atoms with Gasteiger partial charge in [0.2, 0.25) is 0 Å². The summed E-state index contributed by atoms with van der Waals surface area (Å²) in [5, 5.41) is 0. The van der Waals surface area contributed by atoms with Gasteiger partial charge in [-0.25, -0.2) is 0 Å². The molecule has 3 aromatic rings. The number of benzene rings is 2. The monoisotopic (exact) mass is 360 g/mol. The molecule has 2 N–H and O–H groups in total. The second-order valence-corrected chi connectivity index (χ2v) is 6.37. The number of carbonyl (C=O) groups is 3. The van der Waals surface area contributed by atoms with Crippen LogP contribution in [0.5, 0.6) is 0 Å². The number of hydrogen-bond acceptors (Lipinski definition) is 4. The second-order valence-electron chi connectivity index (χ2n) is 6.37. The summed E-state index contributed by atoms with van der Waals surface area (Å²) in [7, 11) is 0. The normalized spacial score (nSPS) is 11.7. The SMILES string of the molecule is Cc1cc(C(=O)NNC(=O)c2ccc3c(c2)C(=O)c2ccccc2-3)c(C)o1. The summed E-state index contributed by atoms with van der Waals surface area (Å²) in [4.78, 5) is 37.1. The summed E-state index contributed by atoms with van der Waals surface area (Å²) in [5.41, 5.74) is 8.16. The molecular formula is C21H16N2O4. The minimum Gasteiger partial charge on any atom is -0.466 e. The van der Waals surface area contributed by atoms with Gasteiger partial charge in [-0.2, -0.15) is 0 Å². The predicted molar refractivity (Wildman–Crippen MR) is 98.4 cm³/mol. The Morgan fingerprint density at radius 2 is 1.48 bits per heavy atom. The summed E-state index contributed by atoms with van der Waals surface area (Å²) in [6, 6.07) is 13.9. The summed E-state index contributed by atoms with van der Waals surface area (Å²) < 4.78 is 5.31. The first-order valence-electron chi connectivity index (χ1n) is 8.41. The van der Waals surface area contributed by atoms with Gasteiger partial charge in [0, 0.05) is 16.7 Å². The van der Waals surface area contributed by atoms with Gasteiger partial charge in [0.25, 0.3) is 11.8 Å². The maximum Gasteiger partial charge on any atom is 0.273 e. The molecule has 2 amide bonds. The summed E-state index contributed by atoms with van der Waals surface area (Å²) in [5.74, 6) is -0.000261. The zero-order valence-corrected chi connectivity index (χ0v) is 14.8. The van der Waals surface area contributed by atoms with Crippen LogP contribution in [0, 0.1) is 13.8 Å². The largest absolute Gasteiger partial charge is 0.466 e. The molecule has 1 aliphatic rings. The molecule has 0 saturated heterocycles. The molecule has 1 aromatic heterocycles. The molecule has 27 heavy (non-hydrogen) atoms. The van der Waals surface area contributed by atoms with Crippen LogP contribution in [0.4, 0.5) is 0 Å². The Hall–Kier alpha value is -3.67. The lowest BCUT2D eigenvalue weighted by molar-refractivity contribution is 0.0845. The van der Waals surface area contributed by atoms with Crippen molar-refractivity contribution in [3.8, 4) is 11.1 Å². The van der Waals surface area contributed by atoms with Crippen LogP contribution >= 0.6 is 0 Å². The number of nitrogens with one attached hydrogen (secondary N) is 2. The number of aryl methyl sites for hydroxylation is 2. The highest BCUT2D eigenvalue weighted by Crippen LogP contribution is 2.36. The Bertz CT molecular complexity index is 1110. The van der Waals surface area contributed by atoms with Gasteiger partial charge in [-0.05, 0) is 43.2 Å². The summed E-state index contributed by atoms with van der Waals surface area (Å²) in [6.45, 7) is 3.41. The van der Waals surface area contributed by atoms with Gasteiger partial charge in [-0.3, -0.25) is 25.2 Å². The van der Waals surface area contributed by atoms with Crippen molar-refractivity contribution in [2.75, 3.05) is 0 Å². The topological polar surface area (TPSA) is 88.4 Å². The number of fused-ring (bicyclic) bond motifs is 3. The Morgan fingerprint density at radius 1 is 0.815 bits per heavy atom. The summed E-state index contributed by atoms with van der Waals surface area (Å²) >= 11 is 0. The third kappa shape index (κ3) is 2.81. The number of hydrogen-bond donors (Lipinski definition) is 2. The van der Waals surface area contributed by atoms with Crippen LogP contribution < -0.4 is 10.9 Å². The van der Waals surface area contributed by atoms with Crippen molar-refractivity contribution in [2.24, 2.45) is 0 Å². The van der Waals surface area contributed by atoms with Crippen molar-refractivity contribution in [1.82, 2.24) is 10.9 Å². The van der Waals surface area contributed by atoms with Crippen LogP contribution in [0.1, 0.15) is 48.2 Å². The Morgan fingerprint density at radius 3 is 2.19 bits per heavy atom. The highest BCUT2D eigenvalue weighted by molar-refractivity contribution is 6.22. The van der Waals surface area contributed by atoms with Crippen molar-refractivity contribution < 1.29 is 18.8 Å². The molecular weight excluding hydrogens is 344 g/mol. The van der Waals surface area contributed by atoms with Crippen molar-refractivity contribution in [1.29, 1.82) is 0 Å². The first-order valence-corrected chi connectivity index (χ1v) is 8.41. The van der Waals surface area contributed by atoms with Crippen LogP contribution in [0.3, 0.4) is 0 Å². The molecule has 0 spiro atoms. The van der Waals surface area contributed by atoms with Crippen molar-refractivity contribution in [3.63, 3.8) is 0 Å². The predicted octanol–water partition coefficient (Wildman–Crippen LogP) is 3.18. The van der Waals surface area contributed by atoms with Gasteiger partial charge < -0.3 is 4.42 Å². The molecule has 1 heterocycles. The van der Waals surface area contributed by atoms with Crippen LogP contribution in [0.15, 0.2) is 52.9 Å². The molecule has 1 aliphatic carbocycles. The first kappa shape index (κ1) is 16.8. The number of carbonyl (C=O) groups excluding carboxylic acids is 3. The van der Waals surface area contributed by atoms with Gasteiger partial charge in [0.15, 0.2) is 5.78 Å². The average Bonchev–Trinajstić information content (AvgIpc) is 3.16. The summed E-state index contributed by atoms with van der Waals surface area (Å²) in [6.07, 6.45) is 0. The molecule has 0 saturated carbocycles. The van der Waals surface area contributed by atoms with E-state index < -0.39 is 11.8 Å². The molecule has 6 heteroatoms. The number of ketones is 1. The average molecular weight is 360 g/mol. The number of furan rings is 1. The molecule has 0 aliphatic heterocycles. The lowest BCUT2D eigenvalue weighted by Crippen LogP contribution is -2.41. The van der Waals surface area contributed by atoms with Crippen LogP contribution in [-0.4, -0.2) is 17.6 Å². The van der Waals surface area contributed by atoms with E-state index in [1.54, 1.807) is 44.2 Å². The van der Waals surface area contributed by atoms with E-state index in [4.69, 9.17) is 4.42 Å². The van der Waals surface area contributed by atoms with E-state index in [0.717, 1.165) is 11.1 Å². The van der Waals surface area contributed by atoms with Crippen LogP contribution in [0.25, 0.3) is 11.1 Å². The fourth-order valence-corrected chi connectivity index (χ4v) is 3.28. The second kappa shape index (κ2) is 6.25. The number of rotatable bonds is 2. The highest BCUT2D eigenvalue weighted by Gasteiger charge is 2.27. The minimum atomic E-state index is -0.507. The zero-order valence-electron chi connectivity index (χ0n) is 14.8. The molecule has 4 rings (SSSR count). The Labute approximate surface area is 155 Å². The minimum absolute atomic E-state index is 0.108. The zero-order chi connectivity index (χ0) is 19.1. The highest BCUT2D eigenvalue weighted by atomic mass is 16.3. The van der Waals surface area contributed by atoms with Gasteiger partial charge in [-0.1, -0.05) is 30.3 Å². The van der Waals surface area contributed by atoms with Gasteiger partial charge in [0.05, 0.1) is 5.56 Å². The van der Waals surface area contributed by atoms with E-state index >= 15 is 0 Å². The molecule has 0 radical (unpaired) electrons. The smallest absolute Gasteiger partial charge is 0.273 e. The van der Waals surface area contributed by atoms with Crippen molar-refractivity contribution in [3.05, 3.63) is 82.3 Å². The molecule has 0 atom stereocenters. The Kier molecular flexibility index (Phi) is 3.88. The van der Waals surface area contributed by atoms with E-state index in [0.29, 0.717) is 28.2 Å². The lowest BCUT2D eigenvalue weighted by Gasteiger charge is -2.08. The first-order chi connectivity index (χ1) is 13.0. The van der Waals surface area contributed by atoms with Crippen molar-refractivity contribution >= 4 is 17.6 Å².